The molecule has 5 rings (SSSR count). The largest absolute Gasteiger partial charge is 0.299 e. The third kappa shape index (κ3) is 6.25. The van der Waals surface area contributed by atoms with Gasteiger partial charge in [0, 0.05) is 13.1 Å². The number of hydrogen-bond acceptors (Lipinski definition) is 3. The van der Waals surface area contributed by atoms with Crippen molar-refractivity contribution in [2.24, 2.45) is 5.92 Å². The van der Waals surface area contributed by atoms with Crippen LogP contribution < -0.4 is 0 Å². The maximum Gasteiger partial charge on any atom is 0.158 e. The minimum Gasteiger partial charge on any atom is -0.299 e. The Bertz CT molecular complexity index is 1170. The molecule has 0 amide bonds. The Kier molecular flexibility index (Phi) is 8.25. The SMILES string of the molecule is CN(CC(=O)C(c1ccccc1)c1ccccc1)CC1CCN(C(c2ccccc2)c2ccccc2)C1. The molecule has 0 aliphatic carbocycles. The lowest BCUT2D eigenvalue weighted by molar-refractivity contribution is -0.120. The summed E-state index contributed by atoms with van der Waals surface area (Å²) < 4.78 is 0. The van der Waals surface area contributed by atoms with Gasteiger partial charge < -0.3 is 0 Å². The molecule has 3 nitrogen and oxygen atoms in total. The molecule has 1 unspecified atom stereocenters. The fraction of sp³-hybridized carbons (Fsp3) is 0.265. The number of likely N-dealkylation sites (N-methyl/N-ethyl adjacent to an activating group) is 1. The van der Waals surface area contributed by atoms with Crippen molar-refractivity contribution in [1.29, 1.82) is 0 Å². The summed E-state index contributed by atoms with van der Waals surface area (Å²) in [6.45, 7) is 3.48. The third-order valence-corrected chi connectivity index (χ3v) is 7.50. The van der Waals surface area contributed by atoms with Crippen molar-refractivity contribution >= 4 is 5.78 Å². The molecule has 0 radical (unpaired) electrons. The summed E-state index contributed by atoms with van der Waals surface area (Å²) >= 11 is 0. The lowest BCUT2D eigenvalue weighted by Gasteiger charge is -2.29. The van der Waals surface area contributed by atoms with Gasteiger partial charge in [0.1, 0.15) is 0 Å². The second kappa shape index (κ2) is 12.1. The molecule has 1 fully saturated rings. The zero-order valence-corrected chi connectivity index (χ0v) is 21.6. The van der Waals surface area contributed by atoms with Crippen LogP contribution in [0.3, 0.4) is 0 Å². The number of benzene rings is 4. The Hall–Kier alpha value is -3.53. The van der Waals surface area contributed by atoms with Crippen LogP contribution >= 0.6 is 0 Å². The van der Waals surface area contributed by atoms with E-state index >= 15 is 0 Å². The van der Waals surface area contributed by atoms with Gasteiger partial charge in [-0.2, -0.15) is 0 Å². The number of likely N-dealkylation sites (tertiary alicyclic amines) is 1. The number of Topliss-reactive ketones (excluding diaryl/α,β-unsaturated/α-hetero) is 1. The van der Waals surface area contributed by atoms with Gasteiger partial charge in [-0.1, -0.05) is 121 Å². The van der Waals surface area contributed by atoms with Crippen molar-refractivity contribution in [2.45, 2.75) is 18.4 Å². The normalized spacial score (nSPS) is 16.1. The maximum atomic E-state index is 13.6. The first-order valence-electron chi connectivity index (χ1n) is 13.3. The zero-order chi connectivity index (χ0) is 25.5. The molecule has 1 saturated heterocycles. The molecule has 1 heterocycles. The van der Waals surface area contributed by atoms with Crippen LogP contribution in [0.25, 0.3) is 0 Å². The first-order valence-corrected chi connectivity index (χ1v) is 13.3. The minimum absolute atomic E-state index is 0.231. The van der Waals surface area contributed by atoms with Gasteiger partial charge >= 0.3 is 0 Å². The molecule has 3 heteroatoms. The van der Waals surface area contributed by atoms with Crippen LogP contribution in [0.15, 0.2) is 121 Å². The standard InChI is InChI=1S/C34H36N2O/c1-35(26-32(37)33(28-14-6-2-7-15-28)29-16-8-3-9-17-29)24-27-22-23-36(25-27)34(30-18-10-4-11-19-30)31-20-12-5-13-21-31/h2-21,27,33-34H,22-26H2,1H3. The molecule has 1 aliphatic rings. The van der Waals surface area contributed by atoms with Crippen LogP contribution in [-0.2, 0) is 4.79 Å². The summed E-state index contributed by atoms with van der Waals surface area (Å²) in [7, 11) is 2.10. The molecule has 0 N–H and O–H groups in total. The van der Waals surface area contributed by atoms with Crippen LogP contribution in [0.2, 0.25) is 0 Å². The molecule has 4 aromatic carbocycles. The third-order valence-electron chi connectivity index (χ3n) is 7.50. The second-order valence-electron chi connectivity index (χ2n) is 10.3. The van der Waals surface area contributed by atoms with Crippen molar-refractivity contribution in [2.75, 3.05) is 33.2 Å². The smallest absolute Gasteiger partial charge is 0.158 e. The monoisotopic (exact) mass is 488 g/mol. The van der Waals surface area contributed by atoms with E-state index in [1.54, 1.807) is 0 Å². The average molecular weight is 489 g/mol. The van der Waals surface area contributed by atoms with E-state index in [1.807, 2.05) is 36.4 Å². The van der Waals surface area contributed by atoms with Crippen LogP contribution in [0.5, 0.6) is 0 Å². The number of carbonyl (C=O) groups is 1. The highest BCUT2D eigenvalue weighted by Crippen LogP contribution is 2.33. The van der Waals surface area contributed by atoms with E-state index in [2.05, 4.69) is 102 Å². The molecule has 1 atom stereocenters. The molecule has 0 spiro atoms. The maximum absolute atomic E-state index is 13.6. The molecule has 0 saturated carbocycles. The number of rotatable bonds is 10. The first kappa shape index (κ1) is 25.1. The molecule has 188 valence electrons. The summed E-state index contributed by atoms with van der Waals surface area (Å²) in [4.78, 5) is 18.5. The zero-order valence-electron chi connectivity index (χ0n) is 21.6. The second-order valence-corrected chi connectivity index (χ2v) is 10.3. The van der Waals surface area contributed by atoms with Gasteiger partial charge in [0.2, 0.25) is 0 Å². The Labute approximate surface area is 221 Å². The van der Waals surface area contributed by atoms with Crippen molar-refractivity contribution in [3.63, 3.8) is 0 Å². The summed E-state index contributed by atoms with van der Waals surface area (Å²) in [5.74, 6) is 0.561. The van der Waals surface area contributed by atoms with Gasteiger partial charge in [-0.05, 0) is 48.2 Å². The summed E-state index contributed by atoms with van der Waals surface area (Å²) in [5.41, 5.74) is 4.80. The Morgan fingerprint density at radius 3 is 1.62 bits per heavy atom. The van der Waals surface area contributed by atoms with Gasteiger partial charge in [-0.3, -0.25) is 14.6 Å². The van der Waals surface area contributed by atoms with Gasteiger partial charge in [0.25, 0.3) is 0 Å². The van der Waals surface area contributed by atoms with Crippen molar-refractivity contribution in [3.05, 3.63) is 144 Å². The van der Waals surface area contributed by atoms with Crippen LogP contribution in [0.4, 0.5) is 0 Å². The van der Waals surface area contributed by atoms with Gasteiger partial charge in [-0.25, -0.2) is 0 Å². The van der Waals surface area contributed by atoms with Crippen LogP contribution in [-0.4, -0.2) is 48.8 Å². The van der Waals surface area contributed by atoms with E-state index in [-0.39, 0.29) is 17.7 Å². The molecule has 37 heavy (non-hydrogen) atoms. The van der Waals surface area contributed by atoms with Crippen molar-refractivity contribution < 1.29 is 4.79 Å². The van der Waals surface area contributed by atoms with Gasteiger partial charge in [0.05, 0.1) is 18.5 Å². The molecular formula is C34H36N2O. The van der Waals surface area contributed by atoms with E-state index in [0.717, 1.165) is 37.2 Å². The molecule has 1 aliphatic heterocycles. The Morgan fingerprint density at radius 2 is 1.16 bits per heavy atom. The number of ketones is 1. The first-order chi connectivity index (χ1) is 18.2. The van der Waals surface area contributed by atoms with Crippen LogP contribution in [0, 0.1) is 5.92 Å². The van der Waals surface area contributed by atoms with Gasteiger partial charge in [0.15, 0.2) is 5.78 Å². The molecule has 0 bridgehead atoms. The molecular weight excluding hydrogens is 452 g/mol. The molecule has 4 aromatic rings. The number of nitrogens with zero attached hydrogens (tertiary/aromatic N) is 2. The van der Waals surface area contributed by atoms with E-state index < -0.39 is 0 Å². The predicted molar refractivity (Wildman–Crippen MR) is 152 cm³/mol. The quantitative estimate of drug-likeness (QED) is 0.257. The van der Waals surface area contributed by atoms with E-state index in [1.165, 1.54) is 11.1 Å². The minimum atomic E-state index is -0.231. The summed E-state index contributed by atoms with van der Waals surface area (Å²) in [5, 5.41) is 0. The van der Waals surface area contributed by atoms with Crippen LogP contribution in [0.1, 0.15) is 40.6 Å². The van der Waals surface area contributed by atoms with Crippen molar-refractivity contribution in [1.82, 2.24) is 9.80 Å². The fourth-order valence-electron chi connectivity index (χ4n) is 5.85. The highest BCUT2D eigenvalue weighted by Gasteiger charge is 2.31. The Morgan fingerprint density at radius 1 is 0.730 bits per heavy atom. The van der Waals surface area contributed by atoms with Gasteiger partial charge in [-0.15, -0.1) is 0 Å². The predicted octanol–water partition coefficient (Wildman–Crippen LogP) is 6.43. The summed E-state index contributed by atoms with van der Waals surface area (Å²) in [6.07, 6.45) is 1.15. The summed E-state index contributed by atoms with van der Waals surface area (Å²) in [6, 6.07) is 42.3. The fourth-order valence-corrected chi connectivity index (χ4v) is 5.85. The van der Waals surface area contributed by atoms with Crippen molar-refractivity contribution in [3.8, 4) is 0 Å². The topological polar surface area (TPSA) is 23.6 Å². The lowest BCUT2D eigenvalue weighted by Crippen LogP contribution is -2.35. The average Bonchev–Trinajstić information content (AvgIpc) is 3.39. The lowest BCUT2D eigenvalue weighted by atomic mass is 9.87. The highest BCUT2D eigenvalue weighted by molar-refractivity contribution is 5.90. The molecule has 0 aromatic heterocycles. The number of carbonyl (C=O) groups excluding carboxylic acids is 1. The van der Waals surface area contributed by atoms with E-state index in [9.17, 15) is 4.79 Å². The Balaban J connectivity index is 1.25. The number of hydrogen-bond donors (Lipinski definition) is 0. The van der Waals surface area contributed by atoms with E-state index in [0.29, 0.717) is 12.5 Å². The highest BCUT2D eigenvalue weighted by atomic mass is 16.1. The van der Waals surface area contributed by atoms with E-state index in [4.69, 9.17) is 0 Å².